The average molecular weight is 755 g/mol. The Hall–Kier alpha value is -5.54. The first kappa shape index (κ1) is 42.9. The third-order valence-corrected chi connectivity index (χ3v) is 9.13. The highest BCUT2D eigenvalue weighted by Gasteiger charge is 2.32. The Morgan fingerprint density at radius 3 is 1.26 bits per heavy atom. The molecule has 2 heterocycles. The molecule has 0 spiro atoms. The Morgan fingerprint density at radius 1 is 0.593 bits per heavy atom. The van der Waals surface area contributed by atoms with Crippen LogP contribution in [0.25, 0.3) is 0 Å². The van der Waals surface area contributed by atoms with Gasteiger partial charge in [0.05, 0.1) is 51.9 Å². The molecule has 0 fully saturated rings. The number of ether oxygens (including phenoxy) is 6. The van der Waals surface area contributed by atoms with E-state index in [-0.39, 0.29) is 26.4 Å². The molecule has 0 N–H and O–H groups in total. The van der Waals surface area contributed by atoms with Crippen molar-refractivity contribution in [1.82, 2.24) is 19.1 Å². The van der Waals surface area contributed by atoms with Crippen LogP contribution in [0, 0.1) is 23.7 Å². The lowest BCUT2D eigenvalue weighted by Gasteiger charge is -2.25. The van der Waals surface area contributed by atoms with Gasteiger partial charge >= 0.3 is 35.8 Å². The Bertz CT molecular complexity index is 1580. The van der Waals surface area contributed by atoms with Crippen LogP contribution in [0.1, 0.15) is 62.0 Å². The minimum atomic E-state index is -0.751. The zero-order valence-corrected chi connectivity index (χ0v) is 31.7. The molecular weight excluding hydrogens is 704 g/mol. The standard InChI is InChI=1S/C38H50N4O12/c1-7-31(27(13-29-17-39-23-41(29)3)21-51-35(45)15-33(43)49-5)37(47)53-19-25-9-11-26(12-10-25)20-54-38(48)32(8-2)28(14-30-18-40-24-42(30)4)22-52-36(46)16-34(44)50-6/h9-12,17-18,23-24,27-28,31-32H,7-8,13-16,19-22H2,1-6H3. The molecule has 4 atom stereocenters. The molecule has 54 heavy (non-hydrogen) atoms. The van der Waals surface area contributed by atoms with Crippen LogP contribution in [-0.2, 0) is 97.3 Å². The van der Waals surface area contributed by atoms with Crippen LogP contribution in [0.3, 0.4) is 0 Å². The molecule has 3 aromatic rings. The first-order chi connectivity index (χ1) is 25.9. The van der Waals surface area contributed by atoms with Crippen LogP contribution in [-0.4, -0.2) is 82.4 Å². The summed E-state index contributed by atoms with van der Waals surface area (Å²) in [4.78, 5) is 82.4. The third-order valence-electron chi connectivity index (χ3n) is 9.13. The monoisotopic (exact) mass is 754 g/mol. The van der Waals surface area contributed by atoms with Gasteiger partial charge in [0.2, 0.25) is 0 Å². The highest BCUT2D eigenvalue weighted by Crippen LogP contribution is 2.26. The molecule has 0 saturated carbocycles. The van der Waals surface area contributed by atoms with Gasteiger partial charge in [0.25, 0.3) is 0 Å². The van der Waals surface area contributed by atoms with Gasteiger partial charge < -0.3 is 37.6 Å². The van der Waals surface area contributed by atoms with E-state index in [1.54, 1.807) is 49.3 Å². The van der Waals surface area contributed by atoms with E-state index in [9.17, 15) is 28.8 Å². The lowest BCUT2D eigenvalue weighted by atomic mass is 9.87. The van der Waals surface area contributed by atoms with Crippen molar-refractivity contribution >= 4 is 35.8 Å². The lowest BCUT2D eigenvalue weighted by molar-refractivity contribution is -0.159. The van der Waals surface area contributed by atoms with Gasteiger partial charge in [-0.25, -0.2) is 9.97 Å². The molecule has 0 saturated heterocycles. The molecule has 0 bridgehead atoms. The van der Waals surface area contributed by atoms with Crippen LogP contribution in [0.15, 0.2) is 49.3 Å². The van der Waals surface area contributed by atoms with E-state index in [4.69, 9.17) is 18.9 Å². The SMILES string of the molecule is CCC(C(=O)OCc1ccc(COC(=O)C(CC)C(COC(=O)CC(=O)OC)Cc2cncn2C)cc1)C(COC(=O)CC(=O)OC)Cc1cncn1C. The molecule has 0 aliphatic carbocycles. The molecule has 0 radical (unpaired) electrons. The normalized spacial score (nSPS) is 13.1. The minimum absolute atomic E-state index is 0.0156. The quantitative estimate of drug-likeness (QED) is 0.0825. The number of carbonyl (C=O) groups is 6. The fourth-order valence-electron chi connectivity index (χ4n) is 5.86. The number of rotatable bonds is 22. The number of aromatic nitrogens is 4. The van der Waals surface area contributed by atoms with E-state index in [0.29, 0.717) is 36.8 Å². The van der Waals surface area contributed by atoms with Gasteiger partial charge in [0.15, 0.2) is 0 Å². The Kier molecular flexibility index (Phi) is 17.4. The number of methoxy groups -OCH3 is 2. The largest absolute Gasteiger partial charge is 0.469 e. The summed E-state index contributed by atoms with van der Waals surface area (Å²) in [6.45, 7) is 3.44. The molecule has 4 unspecified atom stereocenters. The maximum Gasteiger partial charge on any atom is 0.317 e. The summed E-state index contributed by atoms with van der Waals surface area (Å²) in [7, 11) is 6.01. The summed E-state index contributed by atoms with van der Waals surface area (Å²) < 4.78 is 34.8. The molecule has 0 amide bonds. The van der Waals surface area contributed by atoms with Gasteiger partial charge in [-0.1, -0.05) is 38.1 Å². The average Bonchev–Trinajstić information content (AvgIpc) is 3.77. The number of aryl methyl sites for hydroxylation is 2. The number of imidazole rings is 2. The molecule has 1 aromatic carbocycles. The predicted octanol–water partition coefficient (Wildman–Crippen LogP) is 3.22. The number of carbonyl (C=O) groups excluding carboxylic acids is 6. The Labute approximate surface area is 314 Å². The second-order valence-corrected chi connectivity index (χ2v) is 12.9. The van der Waals surface area contributed by atoms with E-state index in [1.165, 1.54) is 14.2 Å². The predicted molar refractivity (Wildman–Crippen MR) is 190 cm³/mol. The van der Waals surface area contributed by atoms with Crippen LogP contribution in [0.2, 0.25) is 0 Å². The fraction of sp³-hybridized carbons (Fsp3) is 0.526. The highest BCUT2D eigenvalue weighted by atomic mass is 16.6. The molecular formula is C38H50N4O12. The number of nitrogens with zero attached hydrogens (tertiary/aromatic N) is 4. The summed E-state index contributed by atoms with van der Waals surface area (Å²) in [6, 6.07) is 7.07. The summed E-state index contributed by atoms with van der Waals surface area (Å²) >= 11 is 0. The Morgan fingerprint density at radius 2 is 0.963 bits per heavy atom. The number of hydrogen-bond donors (Lipinski definition) is 0. The zero-order chi connectivity index (χ0) is 39.6. The maximum atomic E-state index is 13.4. The molecule has 0 aliphatic heterocycles. The summed E-state index contributed by atoms with van der Waals surface area (Å²) in [5.41, 5.74) is 3.08. The number of hydrogen-bond acceptors (Lipinski definition) is 14. The van der Waals surface area contributed by atoms with E-state index in [0.717, 1.165) is 11.4 Å². The van der Waals surface area contributed by atoms with E-state index >= 15 is 0 Å². The highest BCUT2D eigenvalue weighted by molar-refractivity contribution is 5.91. The van der Waals surface area contributed by atoms with Crippen molar-refractivity contribution in [2.75, 3.05) is 27.4 Å². The molecule has 3 rings (SSSR count). The summed E-state index contributed by atoms with van der Waals surface area (Å²) in [5.74, 6) is -5.99. The molecule has 0 aliphatic rings. The van der Waals surface area contributed by atoms with Crippen LogP contribution in [0.5, 0.6) is 0 Å². The van der Waals surface area contributed by atoms with E-state index < -0.39 is 72.3 Å². The first-order valence-corrected chi connectivity index (χ1v) is 17.6. The van der Waals surface area contributed by atoms with Crippen molar-refractivity contribution in [3.05, 3.63) is 71.8 Å². The van der Waals surface area contributed by atoms with Crippen molar-refractivity contribution in [1.29, 1.82) is 0 Å². The van der Waals surface area contributed by atoms with Crippen molar-refractivity contribution < 1.29 is 57.2 Å². The third kappa shape index (κ3) is 13.5. The van der Waals surface area contributed by atoms with Crippen molar-refractivity contribution in [3.8, 4) is 0 Å². The Balaban J connectivity index is 1.60. The molecule has 2 aromatic heterocycles. The van der Waals surface area contributed by atoms with Crippen LogP contribution >= 0.6 is 0 Å². The van der Waals surface area contributed by atoms with Gasteiger partial charge in [-0.15, -0.1) is 0 Å². The molecule has 294 valence electrons. The van der Waals surface area contributed by atoms with Gasteiger partial charge in [0.1, 0.15) is 26.1 Å². The molecule has 16 heteroatoms. The lowest BCUT2D eigenvalue weighted by Crippen LogP contribution is -2.32. The number of benzene rings is 1. The molecule has 16 nitrogen and oxygen atoms in total. The first-order valence-electron chi connectivity index (χ1n) is 17.6. The van der Waals surface area contributed by atoms with Crippen LogP contribution < -0.4 is 0 Å². The maximum absolute atomic E-state index is 13.4. The smallest absolute Gasteiger partial charge is 0.317 e. The van der Waals surface area contributed by atoms with Gasteiger partial charge in [-0.2, -0.15) is 0 Å². The van der Waals surface area contributed by atoms with Crippen molar-refractivity contribution in [2.24, 2.45) is 37.8 Å². The van der Waals surface area contributed by atoms with Crippen LogP contribution in [0.4, 0.5) is 0 Å². The van der Waals surface area contributed by atoms with Crippen molar-refractivity contribution in [2.45, 2.75) is 65.6 Å². The van der Waals surface area contributed by atoms with E-state index in [1.807, 2.05) is 37.1 Å². The number of esters is 6. The van der Waals surface area contributed by atoms with Gasteiger partial charge in [0, 0.05) is 49.7 Å². The van der Waals surface area contributed by atoms with Gasteiger partial charge in [-0.3, -0.25) is 28.8 Å². The zero-order valence-electron chi connectivity index (χ0n) is 31.7. The topological polar surface area (TPSA) is 193 Å². The second-order valence-electron chi connectivity index (χ2n) is 12.9. The minimum Gasteiger partial charge on any atom is -0.469 e. The van der Waals surface area contributed by atoms with Gasteiger partial charge in [-0.05, 0) is 36.8 Å². The fourth-order valence-corrected chi connectivity index (χ4v) is 5.86. The second kappa shape index (κ2) is 21.9. The van der Waals surface area contributed by atoms with Crippen molar-refractivity contribution in [3.63, 3.8) is 0 Å². The van der Waals surface area contributed by atoms with E-state index in [2.05, 4.69) is 19.4 Å². The summed E-state index contributed by atoms with van der Waals surface area (Å²) in [5, 5.41) is 0. The summed E-state index contributed by atoms with van der Waals surface area (Å²) in [6.07, 6.45) is 7.15.